The first-order chi connectivity index (χ1) is 11.6. The number of hydrogen-bond acceptors (Lipinski definition) is 4. The Hall–Kier alpha value is -2.08. The molecule has 0 unspecified atom stereocenters. The van der Waals surface area contributed by atoms with Gasteiger partial charge >= 0.3 is 0 Å². The topological polar surface area (TPSA) is 63.3 Å². The Bertz CT molecular complexity index is 650. The van der Waals surface area contributed by atoms with Gasteiger partial charge in [-0.1, -0.05) is 6.42 Å². The molecule has 130 valence electrons. The molecule has 1 aliphatic rings. The van der Waals surface area contributed by atoms with Gasteiger partial charge in [-0.2, -0.15) is 5.10 Å². The van der Waals surface area contributed by atoms with Gasteiger partial charge in [-0.25, -0.2) is 0 Å². The lowest BCUT2D eigenvalue weighted by Crippen LogP contribution is -2.47. The highest BCUT2D eigenvalue weighted by atomic mass is 16.3. The van der Waals surface area contributed by atoms with Crippen LogP contribution in [0.1, 0.15) is 43.6 Å². The first-order valence-corrected chi connectivity index (χ1v) is 8.67. The lowest BCUT2D eigenvalue weighted by molar-refractivity contribution is -0.124. The molecule has 1 N–H and O–H groups in total. The third-order valence-electron chi connectivity index (χ3n) is 4.60. The quantitative estimate of drug-likeness (QED) is 0.884. The van der Waals surface area contributed by atoms with Crippen molar-refractivity contribution in [3.05, 3.63) is 42.1 Å². The second-order valence-corrected chi connectivity index (χ2v) is 6.66. The molecule has 1 saturated heterocycles. The van der Waals surface area contributed by atoms with Gasteiger partial charge in [0.05, 0.1) is 31.6 Å². The maximum absolute atomic E-state index is 12.4. The van der Waals surface area contributed by atoms with Gasteiger partial charge < -0.3 is 9.73 Å². The fourth-order valence-corrected chi connectivity index (χ4v) is 3.34. The third kappa shape index (κ3) is 4.26. The van der Waals surface area contributed by atoms with Crippen LogP contribution in [0, 0.1) is 6.92 Å². The fraction of sp³-hybridized carbons (Fsp3) is 0.556. The van der Waals surface area contributed by atoms with Crippen molar-refractivity contribution in [2.75, 3.05) is 13.1 Å². The van der Waals surface area contributed by atoms with Gasteiger partial charge in [-0.15, -0.1) is 0 Å². The third-order valence-corrected chi connectivity index (χ3v) is 4.60. The highest BCUT2D eigenvalue weighted by Gasteiger charge is 2.25. The normalized spacial score (nSPS) is 20.0. The average molecular weight is 330 g/mol. The fourth-order valence-electron chi connectivity index (χ4n) is 3.34. The molecule has 3 rings (SSSR count). The van der Waals surface area contributed by atoms with Crippen molar-refractivity contribution in [2.24, 2.45) is 0 Å². The molecule has 1 fully saturated rings. The first-order valence-electron chi connectivity index (χ1n) is 8.67. The molecule has 0 aliphatic carbocycles. The van der Waals surface area contributed by atoms with Gasteiger partial charge in [0.15, 0.2) is 0 Å². The van der Waals surface area contributed by atoms with Crippen LogP contribution in [0.4, 0.5) is 0 Å². The van der Waals surface area contributed by atoms with E-state index in [1.165, 1.54) is 12.0 Å². The molecule has 0 radical (unpaired) electrons. The minimum atomic E-state index is -0.107. The van der Waals surface area contributed by atoms with Crippen molar-refractivity contribution < 1.29 is 9.21 Å². The molecule has 0 spiro atoms. The van der Waals surface area contributed by atoms with E-state index in [1.54, 1.807) is 6.26 Å². The van der Waals surface area contributed by atoms with Crippen molar-refractivity contribution >= 4 is 5.91 Å². The second-order valence-electron chi connectivity index (χ2n) is 6.66. The van der Waals surface area contributed by atoms with Crippen molar-refractivity contribution in [2.45, 2.75) is 51.7 Å². The number of nitrogens with zero attached hydrogens (tertiary/aromatic N) is 3. The van der Waals surface area contributed by atoms with Crippen LogP contribution in [0.25, 0.3) is 0 Å². The van der Waals surface area contributed by atoms with Crippen molar-refractivity contribution in [3.8, 4) is 0 Å². The van der Waals surface area contributed by atoms with E-state index >= 15 is 0 Å². The number of piperidine rings is 1. The van der Waals surface area contributed by atoms with Crippen LogP contribution in [0.2, 0.25) is 0 Å². The first kappa shape index (κ1) is 16.8. The van der Waals surface area contributed by atoms with E-state index in [2.05, 4.69) is 21.5 Å². The SMILES string of the molecule is Cc1cnn(C[C@H]2CCCCN2CC(=O)N[C@H](C)c2ccco2)c1. The van der Waals surface area contributed by atoms with Crippen LogP contribution in [-0.2, 0) is 11.3 Å². The molecule has 6 nitrogen and oxygen atoms in total. The maximum Gasteiger partial charge on any atom is 0.234 e. The number of nitrogens with one attached hydrogen (secondary N) is 1. The molecule has 0 saturated carbocycles. The summed E-state index contributed by atoms with van der Waals surface area (Å²) in [5.41, 5.74) is 1.17. The number of aryl methyl sites for hydroxylation is 1. The van der Waals surface area contributed by atoms with Crippen molar-refractivity contribution in [1.29, 1.82) is 0 Å². The van der Waals surface area contributed by atoms with E-state index in [0.29, 0.717) is 12.6 Å². The molecule has 24 heavy (non-hydrogen) atoms. The summed E-state index contributed by atoms with van der Waals surface area (Å²) in [6, 6.07) is 3.98. The largest absolute Gasteiger partial charge is 0.467 e. The number of hydrogen-bond donors (Lipinski definition) is 1. The number of aromatic nitrogens is 2. The molecule has 6 heteroatoms. The van der Waals surface area contributed by atoms with Gasteiger partial charge in [0.25, 0.3) is 0 Å². The van der Waals surface area contributed by atoms with Crippen LogP contribution in [0.5, 0.6) is 0 Å². The minimum absolute atomic E-state index is 0.0439. The molecule has 2 aromatic rings. The van der Waals surface area contributed by atoms with Gasteiger partial charge in [-0.05, 0) is 50.9 Å². The summed E-state index contributed by atoms with van der Waals surface area (Å²) in [7, 11) is 0. The lowest BCUT2D eigenvalue weighted by Gasteiger charge is -2.35. The summed E-state index contributed by atoms with van der Waals surface area (Å²) in [6.45, 7) is 6.22. The molecule has 1 aliphatic heterocycles. The average Bonchev–Trinajstić information content (AvgIpc) is 3.21. The van der Waals surface area contributed by atoms with Gasteiger partial charge in [-0.3, -0.25) is 14.4 Å². The zero-order valence-corrected chi connectivity index (χ0v) is 14.4. The van der Waals surface area contributed by atoms with Crippen LogP contribution in [0.3, 0.4) is 0 Å². The smallest absolute Gasteiger partial charge is 0.234 e. The predicted molar refractivity (Wildman–Crippen MR) is 91.4 cm³/mol. The number of amides is 1. The van der Waals surface area contributed by atoms with E-state index in [9.17, 15) is 4.79 Å². The lowest BCUT2D eigenvalue weighted by atomic mass is 10.0. The highest BCUT2D eigenvalue weighted by molar-refractivity contribution is 5.78. The number of furan rings is 1. The number of carbonyl (C=O) groups excluding carboxylic acids is 1. The summed E-state index contributed by atoms with van der Waals surface area (Å²) in [5.74, 6) is 0.827. The van der Waals surface area contributed by atoms with E-state index in [0.717, 1.165) is 31.7 Å². The number of carbonyl (C=O) groups is 1. The minimum Gasteiger partial charge on any atom is -0.467 e. The van der Waals surface area contributed by atoms with Crippen LogP contribution >= 0.6 is 0 Å². The number of likely N-dealkylation sites (tertiary alicyclic amines) is 1. The Morgan fingerprint density at radius 3 is 3.08 bits per heavy atom. The second kappa shape index (κ2) is 7.66. The predicted octanol–water partition coefficient (Wildman–Crippen LogP) is 2.52. The van der Waals surface area contributed by atoms with Crippen molar-refractivity contribution in [1.82, 2.24) is 20.0 Å². The van der Waals surface area contributed by atoms with Gasteiger partial charge in [0.2, 0.25) is 5.91 Å². The van der Waals surface area contributed by atoms with Gasteiger partial charge in [0.1, 0.15) is 5.76 Å². The van der Waals surface area contributed by atoms with E-state index in [-0.39, 0.29) is 11.9 Å². The zero-order chi connectivity index (χ0) is 16.9. The summed E-state index contributed by atoms with van der Waals surface area (Å²) in [5, 5.41) is 7.40. The summed E-state index contributed by atoms with van der Waals surface area (Å²) in [6.07, 6.45) is 9.04. The zero-order valence-electron chi connectivity index (χ0n) is 14.4. The Labute approximate surface area is 142 Å². The molecule has 0 bridgehead atoms. The summed E-state index contributed by atoms with van der Waals surface area (Å²) >= 11 is 0. The Kier molecular flexibility index (Phi) is 5.35. The Morgan fingerprint density at radius 1 is 1.50 bits per heavy atom. The van der Waals surface area contributed by atoms with E-state index in [1.807, 2.05) is 36.9 Å². The molecular formula is C18H26N4O2. The van der Waals surface area contributed by atoms with E-state index in [4.69, 9.17) is 4.42 Å². The standard InChI is InChI=1S/C18H26N4O2/c1-14-10-19-22(11-14)12-16-6-3-4-8-21(16)13-18(23)20-15(2)17-7-5-9-24-17/h5,7,9-11,15-16H,3-4,6,8,12-13H2,1-2H3,(H,20,23)/t15-,16-/m1/s1. The van der Waals surface area contributed by atoms with Gasteiger partial charge in [0, 0.05) is 12.2 Å². The summed E-state index contributed by atoms with van der Waals surface area (Å²) in [4.78, 5) is 14.7. The van der Waals surface area contributed by atoms with Crippen LogP contribution < -0.4 is 5.32 Å². The molecule has 3 heterocycles. The maximum atomic E-state index is 12.4. The molecular weight excluding hydrogens is 304 g/mol. The summed E-state index contributed by atoms with van der Waals surface area (Å²) < 4.78 is 7.34. The molecule has 2 aromatic heterocycles. The van der Waals surface area contributed by atoms with Crippen LogP contribution in [0.15, 0.2) is 35.2 Å². The monoisotopic (exact) mass is 330 g/mol. The molecule has 2 atom stereocenters. The number of rotatable bonds is 6. The molecule has 1 amide bonds. The molecule has 0 aromatic carbocycles. The van der Waals surface area contributed by atoms with E-state index < -0.39 is 0 Å². The van der Waals surface area contributed by atoms with Crippen LogP contribution in [-0.4, -0.2) is 39.7 Å². The Balaban J connectivity index is 1.55. The highest BCUT2D eigenvalue weighted by Crippen LogP contribution is 2.19. The van der Waals surface area contributed by atoms with Crippen molar-refractivity contribution in [3.63, 3.8) is 0 Å². The Morgan fingerprint density at radius 2 is 2.38 bits per heavy atom.